The summed E-state index contributed by atoms with van der Waals surface area (Å²) in [6.45, 7) is 1.91. The van der Waals surface area contributed by atoms with Crippen molar-refractivity contribution in [2.75, 3.05) is 11.1 Å². The van der Waals surface area contributed by atoms with Crippen LogP contribution in [0.15, 0.2) is 54.7 Å². The Morgan fingerprint density at radius 2 is 1.95 bits per heavy atom. The SMILES string of the molecule is Cc1cc(N)cc(C(=O)Nc2cnc3ccccc3c2)c1. The number of carbonyl (C=O) groups is 1. The van der Waals surface area contributed by atoms with E-state index < -0.39 is 0 Å². The third kappa shape index (κ3) is 2.84. The van der Waals surface area contributed by atoms with Crippen LogP contribution in [0.2, 0.25) is 0 Å². The lowest BCUT2D eigenvalue weighted by Gasteiger charge is -2.07. The predicted octanol–water partition coefficient (Wildman–Crippen LogP) is 3.38. The van der Waals surface area contributed by atoms with Gasteiger partial charge in [-0.3, -0.25) is 9.78 Å². The average Bonchev–Trinajstić information content (AvgIpc) is 2.46. The van der Waals surface area contributed by atoms with E-state index in [1.165, 1.54) is 0 Å². The van der Waals surface area contributed by atoms with Gasteiger partial charge in [0.15, 0.2) is 0 Å². The fraction of sp³-hybridized carbons (Fsp3) is 0.0588. The minimum absolute atomic E-state index is 0.192. The van der Waals surface area contributed by atoms with E-state index in [0.717, 1.165) is 16.5 Å². The third-order valence-corrected chi connectivity index (χ3v) is 3.21. The number of hydrogen-bond acceptors (Lipinski definition) is 3. The first-order valence-corrected chi connectivity index (χ1v) is 6.65. The lowest BCUT2D eigenvalue weighted by Crippen LogP contribution is -2.12. The normalized spacial score (nSPS) is 10.5. The van der Waals surface area contributed by atoms with Crippen molar-refractivity contribution in [3.63, 3.8) is 0 Å². The van der Waals surface area contributed by atoms with Crippen LogP contribution >= 0.6 is 0 Å². The maximum atomic E-state index is 12.3. The molecule has 4 nitrogen and oxygen atoms in total. The van der Waals surface area contributed by atoms with E-state index in [1.807, 2.05) is 43.3 Å². The van der Waals surface area contributed by atoms with E-state index in [-0.39, 0.29) is 5.91 Å². The first kappa shape index (κ1) is 13.1. The number of nitrogens with two attached hydrogens (primary N) is 1. The van der Waals surface area contributed by atoms with Crippen molar-refractivity contribution in [3.8, 4) is 0 Å². The summed E-state index contributed by atoms with van der Waals surface area (Å²) in [5, 5.41) is 3.83. The van der Waals surface area contributed by atoms with Gasteiger partial charge in [-0.25, -0.2) is 0 Å². The summed E-state index contributed by atoms with van der Waals surface area (Å²) in [6.07, 6.45) is 1.65. The Morgan fingerprint density at radius 3 is 2.76 bits per heavy atom. The standard InChI is InChI=1S/C17H15N3O/c1-11-6-13(8-14(18)7-11)17(21)20-15-9-12-4-2-3-5-16(12)19-10-15/h2-10H,18H2,1H3,(H,20,21). The van der Waals surface area contributed by atoms with Gasteiger partial charge >= 0.3 is 0 Å². The van der Waals surface area contributed by atoms with Crippen LogP contribution in [0.3, 0.4) is 0 Å². The first-order valence-electron chi connectivity index (χ1n) is 6.65. The van der Waals surface area contributed by atoms with E-state index in [9.17, 15) is 4.79 Å². The van der Waals surface area contributed by atoms with Gasteiger partial charge in [-0.05, 0) is 42.8 Å². The molecule has 1 aromatic heterocycles. The maximum Gasteiger partial charge on any atom is 0.255 e. The molecule has 1 amide bonds. The number of nitrogen functional groups attached to an aromatic ring is 1. The topological polar surface area (TPSA) is 68.0 Å². The molecule has 0 fully saturated rings. The monoisotopic (exact) mass is 277 g/mol. The van der Waals surface area contributed by atoms with Crippen LogP contribution in [0.1, 0.15) is 15.9 Å². The lowest BCUT2D eigenvalue weighted by atomic mass is 10.1. The van der Waals surface area contributed by atoms with E-state index in [2.05, 4.69) is 10.3 Å². The zero-order valence-corrected chi connectivity index (χ0v) is 11.6. The summed E-state index contributed by atoms with van der Waals surface area (Å²) in [5.74, 6) is -0.192. The van der Waals surface area contributed by atoms with Crippen LogP contribution in [-0.4, -0.2) is 10.9 Å². The largest absolute Gasteiger partial charge is 0.399 e. The van der Waals surface area contributed by atoms with Crippen LogP contribution in [0.25, 0.3) is 10.9 Å². The molecule has 0 bridgehead atoms. The summed E-state index contributed by atoms with van der Waals surface area (Å²) < 4.78 is 0. The summed E-state index contributed by atoms with van der Waals surface area (Å²) >= 11 is 0. The molecule has 0 radical (unpaired) electrons. The molecular weight excluding hydrogens is 262 g/mol. The van der Waals surface area contributed by atoms with Gasteiger partial charge < -0.3 is 11.1 Å². The number of rotatable bonds is 2. The van der Waals surface area contributed by atoms with Crippen molar-refractivity contribution in [3.05, 3.63) is 65.9 Å². The van der Waals surface area contributed by atoms with Gasteiger partial charge in [0.25, 0.3) is 5.91 Å². The maximum absolute atomic E-state index is 12.3. The fourth-order valence-electron chi connectivity index (χ4n) is 2.29. The fourth-order valence-corrected chi connectivity index (χ4v) is 2.29. The Bertz CT molecular complexity index is 807. The van der Waals surface area contributed by atoms with Crippen molar-refractivity contribution >= 4 is 28.2 Å². The number of hydrogen-bond donors (Lipinski definition) is 2. The molecule has 0 saturated heterocycles. The Hall–Kier alpha value is -2.88. The zero-order chi connectivity index (χ0) is 14.8. The molecule has 0 aliphatic heterocycles. The minimum atomic E-state index is -0.192. The van der Waals surface area contributed by atoms with Gasteiger partial charge in [0.05, 0.1) is 17.4 Å². The molecule has 0 aliphatic rings. The average molecular weight is 277 g/mol. The van der Waals surface area contributed by atoms with E-state index in [0.29, 0.717) is 16.9 Å². The zero-order valence-electron chi connectivity index (χ0n) is 11.6. The summed E-state index contributed by atoms with van der Waals surface area (Å²) in [6, 6.07) is 15.0. The molecule has 3 rings (SSSR count). The number of benzene rings is 2. The number of nitrogens with zero attached hydrogens (tertiary/aromatic N) is 1. The number of aromatic nitrogens is 1. The Kier molecular flexibility index (Phi) is 3.28. The van der Waals surface area contributed by atoms with Gasteiger partial charge in [0.1, 0.15) is 0 Å². The van der Waals surface area contributed by atoms with Crippen LogP contribution in [0.4, 0.5) is 11.4 Å². The van der Waals surface area contributed by atoms with Crippen molar-refractivity contribution in [2.45, 2.75) is 6.92 Å². The van der Waals surface area contributed by atoms with Gasteiger partial charge in [0.2, 0.25) is 0 Å². The second kappa shape index (κ2) is 5.25. The van der Waals surface area contributed by atoms with Gasteiger partial charge in [-0.15, -0.1) is 0 Å². The predicted molar refractivity (Wildman–Crippen MR) is 85.3 cm³/mol. The number of pyridine rings is 1. The molecule has 3 aromatic rings. The first-order chi connectivity index (χ1) is 10.1. The Labute approximate surface area is 122 Å². The molecule has 0 saturated carbocycles. The molecule has 0 atom stereocenters. The molecule has 0 unspecified atom stereocenters. The van der Waals surface area contributed by atoms with E-state index in [1.54, 1.807) is 18.3 Å². The van der Waals surface area contributed by atoms with Gasteiger partial charge in [0, 0.05) is 16.6 Å². The molecule has 21 heavy (non-hydrogen) atoms. The molecule has 0 spiro atoms. The van der Waals surface area contributed by atoms with Crippen molar-refractivity contribution < 1.29 is 4.79 Å². The number of anilines is 2. The molecule has 0 aliphatic carbocycles. The van der Waals surface area contributed by atoms with Crippen LogP contribution in [-0.2, 0) is 0 Å². The minimum Gasteiger partial charge on any atom is -0.399 e. The second-order valence-corrected chi connectivity index (χ2v) is 5.00. The molecular formula is C17H15N3O. The Balaban J connectivity index is 1.88. The van der Waals surface area contributed by atoms with E-state index >= 15 is 0 Å². The quantitative estimate of drug-likeness (QED) is 0.706. The Morgan fingerprint density at radius 1 is 1.14 bits per heavy atom. The number of fused-ring (bicyclic) bond motifs is 1. The lowest BCUT2D eigenvalue weighted by molar-refractivity contribution is 0.102. The molecule has 104 valence electrons. The molecule has 1 heterocycles. The van der Waals surface area contributed by atoms with Crippen molar-refractivity contribution in [1.82, 2.24) is 4.98 Å². The smallest absolute Gasteiger partial charge is 0.255 e. The third-order valence-electron chi connectivity index (χ3n) is 3.21. The second-order valence-electron chi connectivity index (χ2n) is 5.00. The number of para-hydroxylation sites is 1. The highest BCUT2D eigenvalue weighted by Crippen LogP contribution is 2.18. The molecule has 2 aromatic carbocycles. The summed E-state index contributed by atoms with van der Waals surface area (Å²) in [5.41, 5.74) is 9.41. The van der Waals surface area contributed by atoms with Gasteiger partial charge in [-0.1, -0.05) is 18.2 Å². The van der Waals surface area contributed by atoms with E-state index in [4.69, 9.17) is 5.73 Å². The van der Waals surface area contributed by atoms with Crippen molar-refractivity contribution in [1.29, 1.82) is 0 Å². The highest BCUT2D eigenvalue weighted by Gasteiger charge is 2.08. The molecule has 4 heteroatoms. The number of carbonyl (C=O) groups excluding carboxylic acids is 1. The van der Waals surface area contributed by atoms with Crippen LogP contribution < -0.4 is 11.1 Å². The summed E-state index contributed by atoms with van der Waals surface area (Å²) in [4.78, 5) is 16.6. The highest BCUT2D eigenvalue weighted by atomic mass is 16.1. The highest BCUT2D eigenvalue weighted by molar-refractivity contribution is 6.05. The number of nitrogens with one attached hydrogen (secondary N) is 1. The van der Waals surface area contributed by atoms with Crippen LogP contribution in [0.5, 0.6) is 0 Å². The van der Waals surface area contributed by atoms with Gasteiger partial charge in [-0.2, -0.15) is 0 Å². The summed E-state index contributed by atoms with van der Waals surface area (Å²) in [7, 11) is 0. The van der Waals surface area contributed by atoms with Crippen LogP contribution in [0, 0.1) is 6.92 Å². The number of amides is 1. The van der Waals surface area contributed by atoms with Crippen molar-refractivity contribution in [2.24, 2.45) is 0 Å². The molecule has 3 N–H and O–H groups in total. The number of aryl methyl sites for hydroxylation is 1.